The van der Waals surface area contributed by atoms with Gasteiger partial charge in [-0.15, -0.1) is 0 Å². The van der Waals surface area contributed by atoms with Crippen molar-refractivity contribution in [3.05, 3.63) is 65.7 Å². The number of rotatable bonds is 2. The van der Waals surface area contributed by atoms with Gasteiger partial charge in [0.1, 0.15) is 5.75 Å². The quantitative estimate of drug-likeness (QED) is 0.720. The summed E-state index contributed by atoms with van der Waals surface area (Å²) in [5, 5.41) is 0. The molecule has 0 saturated heterocycles. The molecule has 2 rings (SSSR count). The molecule has 0 aromatic heterocycles. The first-order valence-corrected chi connectivity index (χ1v) is 6.00. The Balaban J connectivity index is 2.11. The van der Waals surface area contributed by atoms with Crippen molar-refractivity contribution in [2.75, 3.05) is 7.11 Å². The molecule has 0 fully saturated rings. The molecule has 0 bridgehead atoms. The minimum absolute atomic E-state index is 0.244. The normalized spacial score (nSPS) is 11.2. The lowest BCUT2D eigenvalue weighted by molar-refractivity contribution is 0.415. The molecule has 0 spiro atoms. The topological polar surface area (TPSA) is 9.23 Å². The number of hydrogen-bond acceptors (Lipinski definition) is 1. The molecule has 1 heteroatoms. The van der Waals surface area contributed by atoms with Crippen molar-refractivity contribution in [2.24, 2.45) is 0 Å². The summed E-state index contributed by atoms with van der Waals surface area (Å²) < 4.78 is 5.12. The molecule has 2 aromatic carbocycles. The third kappa shape index (κ3) is 3.15. The Bertz CT molecular complexity index is 544. The van der Waals surface area contributed by atoms with Crippen LogP contribution in [0.25, 0.3) is 0 Å². The summed E-state index contributed by atoms with van der Waals surface area (Å²) in [6.45, 7) is 2.12. The maximum absolute atomic E-state index is 5.12. The van der Waals surface area contributed by atoms with Crippen LogP contribution >= 0.6 is 0 Å². The van der Waals surface area contributed by atoms with Gasteiger partial charge >= 0.3 is 0 Å². The molecular weight excluding hydrogens is 220 g/mol. The number of benzene rings is 2. The Kier molecular flexibility index (Phi) is 4.04. The van der Waals surface area contributed by atoms with E-state index in [1.54, 1.807) is 7.11 Å². The van der Waals surface area contributed by atoms with Crippen molar-refractivity contribution in [1.82, 2.24) is 0 Å². The number of methoxy groups -OCH3 is 1. The molecule has 18 heavy (non-hydrogen) atoms. The minimum Gasteiger partial charge on any atom is -0.497 e. The van der Waals surface area contributed by atoms with Gasteiger partial charge in [-0.3, -0.25) is 0 Å². The minimum atomic E-state index is 0.244. The standard InChI is InChI=1S/C17H16O/c1-14(16-6-4-3-5-7-16)8-9-15-10-12-17(18-2)13-11-15/h3-7,10-14H,1-2H3. The molecule has 1 unspecified atom stereocenters. The highest BCUT2D eigenvalue weighted by atomic mass is 16.5. The van der Waals surface area contributed by atoms with Crippen molar-refractivity contribution in [3.63, 3.8) is 0 Å². The van der Waals surface area contributed by atoms with Crippen LogP contribution in [0.2, 0.25) is 0 Å². The van der Waals surface area contributed by atoms with Gasteiger partial charge in [-0.1, -0.05) is 42.2 Å². The van der Waals surface area contributed by atoms with Crippen LogP contribution in [0.4, 0.5) is 0 Å². The van der Waals surface area contributed by atoms with Crippen LogP contribution in [-0.2, 0) is 0 Å². The van der Waals surface area contributed by atoms with Crippen molar-refractivity contribution < 1.29 is 4.74 Å². The molecule has 0 aliphatic rings. The molecule has 0 radical (unpaired) electrons. The molecule has 0 aliphatic heterocycles. The molecule has 0 saturated carbocycles. The zero-order valence-electron chi connectivity index (χ0n) is 10.7. The lowest BCUT2D eigenvalue weighted by Crippen LogP contribution is -1.88. The van der Waals surface area contributed by atoms with Crippen LogP contribution in [0.1, 0.15) is 24.0 Å². The maximum atomic E-state index is 5.12. The summed E-state index contributed by atoms with van der Waals surface area (Å²) in [5.41, 5.74) is 2.26. The van der Waals surface area contributed by atoms with Crippen LogP contribution in [0.5, 0.6) is 5.75 Å². The van der Waals surface area contributed by atoms with Gasteiger partial charge < -0.3 is 4.74 Å². The summed E-state index contributed by atoms with van der Waals surface area (Å²) >= 11 is 0. The Morgan fingerprint density at radius 3 is 2.22 bits per heavy atom. The van der Waals surface area contributed by atoms with E-state index in [4.69, 9.17) is 4.74 Å². The first-order chi connectivity index (χ1) is 8.79. The molecule has 0 aliphatic carbocycles. The Hall–Kier alpha value is -2.20. The average molecular weight is 236 g/mol. The lowest BCUT2D eigenvalue weighted by Gasteiger charge is -2.03. The SMILES string of the molecule is COc1ccc(C#CC(C)c2ccccc2)cc1. The Morgan fingerprint density at radius 2 is 1.61 bits per heavy atom. The van der Waals surface area contributed by atoms with Gasteiger partial charge in [-0.25, -0.2) is 0 Å². The molecule has 2 aromatic rings. The maximum Gasteiger partial charge on any atom is 0.118 e. The van der Waals surface area contributed by atoms with E-state index in [1.165, 1.54) is 5.56 Å². The second-order valence-electron chi connectivity index (χ2n) is 4.13. The highest BCUT2D eigenvalue weighted by Gasteiger charge is 1.99. The van der Waals surface area contributed by atoms with Crippen molar-refractivity contribution in [1.29, 1.82) is 0 Å². The van der Waals surface area contributed by atoms with E-state index in [0.717, 1.165) is 11.3 Å². The number of ether oxygens (including phenoxy) is 1. The molecule has 0 amide bonds. The summed E-state index contributed by atoms with van der Waals surface area (Å²) in [6, 6.07) is 18.1. The molecule has 90 valence electrons. The highest BCUT2D eigenvalue weighted by molar-refractivity contribution is 5.40. The fourth-order valence-electron chi connectivity index (χ4n) is 1.69. The first-order valence-electron chi connectivity index (χ1n) is 6.00. The fourth-order valence-corrected chi connectivity index (χ4v) is 1.69. The summed E-state index contributed by atoms with van der Waals surface area (Å²) in [7, 11) is 1.66. The predicted molar refractivity (Wildman–Crippen MR) is 74.7 cm³/mol. The van der Waals surface area contributed by atoms with Gasteiger partial charge in [0.2, 0.25) is 0 Å². The van der Waals surface area contributed by atoms with Gasteiger partial charge in [0.25, 0.3) is 0 Å². The van der Waals surface area contributed by atoms with E-state index in [-0.39, 0.29) is 5.92 Å². The Morgan fingerprint density at radius 1 is 0.944 bits per heavy atom. The molecule has 0 heterocycles. The van der Waals surface area contributed by atoms with E-state index in [9.17, 15) is 0 Å². The number of hydrogen-bond donors (Lipinski definition) is 0. The third-order valence-electron chi connectivity index (χ3n) is 2.82. The van der Waals surface area contributed by atoms with Crippen molar-refractivity contribution in [2.45, 2.75) is 12.8 Å². The second kappa shape index (κ2) is 5.93. The first kappa shape index (κ1) is 12.3. The second-order valence-corrected chi connectivity index (χ2v) is 4.13. The van der Waals surface area contributed by atoms with Gasteiger partial charge in [0.05, 0.1) is 7.11 Å². The van der Waals surface area contributed by atoms with Crippen LogP contribution in [0.3, 0.4) is 0 Å². The third-order valence-corrected chi connectivity index (χ3v) is 2.82. The zero-order chi connectivity index (χ0) is 12.8. The predicted octanol–water partition coefficient (Wildman–Crippen LogP) is 3.85. The Labute approximate surface area is 108 Å². The average Bonchev–Trinajstić information content (AvgIpc) is 2.46. The van der Waals surface area contributed by atoms with Crippen LogP contribution in [-0.4, -0.2) is 7.11 Å². The molecule has 1 atom stereocenters. The monoisotopic (exact) mass is 236 g/mol. The van der Waals surface area contributed by atoms with E-state index >= 15 is 0 Å². The van der Waals surface area contributed by atoms with E-state index in [1.807, 2.05) is 42.5 Å². The van der Waals surface area contributed by atoms with Crippen molar-refractivity contribution in [3.8, 4) is 17.6 Å². The van der Waals surface area contributed by atoms with E-state index < -0.39 is 0 Å². The lowest BCUT2D eigenvalue weighted by atomic mass is 10.0. The van der Waals surface area contributed by atoms with Gasteiger partial charge in [-0.05, 0) is 36.8 Å². The smallest absolute Gasteiger partial charge is 0.118 e. The van der Waals surface area contributed by atoms with Crippen LogP contribution in [0.15, 0.2) is 54.6 Å². The summed E-state index contributed by atoms with van der Waals surface area (Å²) in [5.74, 6) is 7.55. The molecule has 1 nitrogen and oxygen atoms in total. The highest BCUT2D eigenvalue weighted by Crippen LogP contribution is 2.14. The largest absolute Gasteiger partial charge is 0.497 e. The van der Waals surface area contributed by atoms with Crippen LogP contribution in [0, 0.1) is 11.8 Å². The zero-order valence-corrected chi connectivity index (χ0v) is 10.7. The summed E-state index contributed by atoms with van der Waals surface area (Å²) in [6.07, 6.45) is 0. The van der Waals surface area contributed by atoms with E-state index in [0.29, 0.717) is 0 Å². The van der Waals surface area contributed by atoms with Crippen LogP contribution < -0.4 is 4.74 Å². The van der Waals surface area contributed by atoms with Gasteiger partial charge in [0, 0.05) is 11.5 Å². The van der Waals surface area contributed by atoms with Gasteiger partial charge in [0.15, 0.2) is 0 Å². The summed E-state index contributed by atoms with van der Waals surface area (Å²) in [4.78, 5) is 0. The van der Waals surface area contributed by atoms with Crippen molar-refractivity contribution >= 4 is 0 Å². The van der Waals surface area contributed by atoms with E-state index in [2.05, 4.69) is 30.9 Å². The molecular formula is C17H16O. The fraction of sp³-hybridized carbons (Fsp3) is 0.176. The molecule has 0 N–H and O–H groups in total. The van der Waals surface area contributed by atoms with Gasteiger partial charge in [-0.2, -0.15) is 0 Å².